The SMILES string of the molecule is CN(Cc1cccc(-c2nc3ccccc3c(=O)[nH]2)c1)C1CCCCC1. The Hall–Kier alpha value is -2.46. The number of aromatic amines is 1. The van der Waals surface area contributed by atoms with Crippen molar-refractivity contribution in [3.8, 4) is 11.4 Å². The molecule has 0 saturated heterocycles. The van der Waals surface area contributed by atoms with Crippen LogP contribution in [-0.4, -0.2) is 28.0 Å². The lowest BCUT2D eigenvalue weighted by Crippen LogP contribution is -2.32. The van der Waals surface area contributed by atoms with Gasteiger partial charge in [-0.25, -0.2) is 4.98 Å². The second-order valence-corrected chi connectivity index (χ2v) is 7.34. The predicted octanol–water partition coefficient (Wildman–Crippen LogP) is 4.35. The van der Waals surface area contributed by atoms with E-state index in [1.165, 1.54) is 37.7 Å². The van der Waals surface area contributed by atoms with Gasteiger partial charge in [0.05, 0.1) is 10.9 Å². The molecule has 0 unspecified atom stereocenters. The summed E-state index contributed by atoms with van der Waals surface area (Å²) in [5.74, 6) is 0.635. The van der Waals surface area contributed by atoms with Crippen molar-refractivity contribution in [2.75, 3.05) is 7.05 Å². The van der Waals surface area contributed by atoms with Crippen LogP contribution in [0.1, 0.15) is 37.7 Å². The van der Waals surface area contributed by atoms with Gasteiger partial charge in [0.25, 0.3) is 5.56 Å². The van der Waals surface area contributed by atoms with Crippen LogP contribution in [0.25, 0.3) is 22.3 Å². The number of rotatable bonds is 4. The smallest absolute Gasteiger partial charge is 0.259 e. The van der Waals surface area contributed by atoms with Crippen LogP contribution in [0.3, 0.4) is 0 Å². The van der Waals surface area contributed by atoms with Gasteiger partial charge in [-0.2, -0.15) is 0 Å². The van der Waals surface area contributed by atoms with Crippen molar-refractivity contribution in [1.82, 2.24) is 14.9 Å². The summed E-state index contributed by atoms with van der Waals surface area (Å²) in [5, 5.41) is 0.629. The number of para-hydroxylation sites is 1. The summed E-state index contributed by atoms with van der Waals surface area (Å²) in [5.41, 5.74) is 2.86. The van der Waals surface area contributed by atoms with Gasteiger partial charge < -0.3 is 4.98 Å². The summed E-state index contributed by atoms with van der Waals surface area (Å²) in [7, 11) is 2.22. The second-order valence-electron chi connectivity index (χ2n) is 7.34. The number of H-pyrrole nitrogens is 1. The van der Waals surface area contributed by atoms with Crippen LogP contribution in [0.15, 0.2) is 53.3 Å². The van der Waals surface area contributed by atoms with Gasteiger partial charge in [-0.3, -0.25) is 9.69 Å². The standard InChI is InChI=1S/C22H25N3O/c1-25(18-10-3-2-4-11-18)15-16-8-7-9-17(14-16)21-23-20-13-6-5-12-19(20)22(26)24-21/h5-9,12-14,18H,2-4,10-11,15H2,1H3,(H,23,24,26). The fourth-order valence-electron chi connectivity index (χ4n) is 3.98. The van der Waals surface area contributed by atoms with Crippen molar-refractivity contribution in [3.63, 3.8) is 0 Å². The van der Waals surface area contributed by atoms with Gasteiger partial charge in [-0.1, -0.05) is 49.6 Å². The summed E-state index contributed by atoms with van der Waals surface area (Å²) in [6, 6.07) is 16.5. The summed E-state index contributed by atoms with van der Waals surface area (Å²) < 4.78 is 0. The number of hydrogen-bond acceptors (Lipinski definition) is 3. The molecule has 0 radical (unpaired) electrons. The summed E-state index contributed by atoms with van der Waals surface area (Å²) in [6.45, 7) is 0.927. The van der Waals surface area contributed by atoms with Gasteiger partial charge in [-0.15, -0.1) is 0 Å². The van der Waals surface area contributed by atoms with Crippen molar-refractivity contribution in [2.24, 2.45) is 0 Å². The minimum absolute atomic E-state index is 0.0877. The number of nitrogens with one attached hydrogen (secondary N) is 1. The van der Waals surface area contributed by atoms with E-state index in [1.54, 1.807) is 6.07 Å². The average Bonchev–Trinajstić information content (AvgIpc) is 2.69. The largest absolute Gasteiger partial charge is 0.306 e. The topological polar surface area (TPSA) is 49.0 Å². The lowest BCUT2D eigenvalue weighted by Gasteiger charge is -2.31. The van der Waals surface area contributed by atoms with E-state index in [2.05, 4.69) is 40.1 Å². The van der Waals surface area contributed by atoms with Gasteiger partial charge in [-0.05, 0) is 43.7 Å². The Balaban J connectivity index is 1.60. The molecule has 0 atom stereocenters. The van der Waals surface area contributed by atoms with Crippen LogP contribution in [0.4, 0.5) is 0 Å². The molecule has 0 bridgehead atoms. The van der Waals surface area contributed by atoms with Crippen LogP contribution < -0.4 is 5.56 Å². The molecule has 0 amide bonds. The molecule has 4 heteroatoms. The Morgan fingerprint density at radius 1 is 1.08 bits per heavy atom. The minimum Gasteiger partial charge on any atom is -0.306 e. The molecular formula is C22H25N3O. The molecule has 0 spiro atoms. The van der Waals surface area contributed by atoms with Crippen LogP contribution in [0.5, 0.6) is 0 Å². The fourth-order valence-corrected chi connectivity index (χ4v) is 3.98. The van der Waals surface area contributed by atoms with Gasteiger partial charge in [0.2, 0.25) is 0 Å². The van der Waals surface area contributed by atoms with Crippen LogP contribution in [0, 0.1) is 0 Å². The molecular weight excluding hydrogens is 322 g/mol. The fraction of sp³-hybridized carbons (Fsp3) is 0.364. The Morgan fingerprint density at radius 3 is 2.73 bits per heavy atom. The van der Waals surface area contributed by atoms with Gasteiger partial charge in [0.1, 0.15) is 5.82 Å². The zero-order chi connectivity index (χ0) is 17.9. The Morgan fingerprint density at radius 2 is 1.88 bits per heavy atom. The van der Waals surface area contributed by atoms with Crippen LogP contribution in [-0.2, 0) is 6.54 Å². The number of aromatic nitrogens is 2. The van der Waals surface area contributed by atoms with E-state index in [4.69, 9.17) is 0 Å². The molecule has 0 aliphatic heterocycles. The van der Waals surface area contributed by atoms with E-state index >= 15 is 0 Å². The van der Waals surface area contributed by atoms with Crippen LogP contribution in [0.2, 0.25) is 0 Å². The van der Waals surface area contributed by atoms with Crippen molar-refractivity contribution >= 4 is 10.9 Å². The van der Waals surface area contributed by atoms with E-state index in [1.807, 2.05) is 24.3 Å². The molecule has 1 heterocycles. The summed E-state index contributed by atoms with van der Waals surface area (Å²) >= 11 is 0. The van der Waals surface area contributed by atoms with E-state index in [0.717, 1.165) is 17.6 Å². The molecule has 4 nitrogen and oxygen atoms in total. The van der Waals surface area contributed by atoms with Crippen molar-refractivity contribution in [1.29, 1.82) is 0 Å². The third-order valence-electron chi connectivity index (χ3n) is 5.44. The molecule has 1 saturated carbocycles. The summed E-state index contributed by atoms with van der Waals surface area (Å²) in [6.07, 6.45) is 6.67. The highest BCUT2D eigenvalue weighted by Gasteiger charge is 2.18. The summed E-state index contributed by atoms with van der Waals surface area (Å²) in [4.78, 5) is 22.4. The van der Waals surface area contributed by atoms with Crippen molar-refractivity contribution in [3.05, 3.63) is 64.4 Å². The lowest BCUT2D eigenvalue weighted by atomic mass is 9.94. The number of nitrogens with zero attached hydrogens (tertiary/aromatic N) is 2. The Labute approximate surface area is 153 Å². The molecule has 26 heavy (non-hydrogen) atoms. The number of hydrogen-bond donors (Lipinski definition) is 1. The lowest BCUT2D eigenvalue weighted by molar-refractivity contribution is 0.184. The zero-order valence-electron chi connectivity index (χ0n) is 15.2. The molecule has 3 aromatic rings. The highest BCUT2D eigenvalue weighted by atomic mass is 16.1. The molecule has 134 valence electrons. The Bertz CT molecular complexity index is 957. The average molecular weight is 347 g/mol. The Kier molecular flexibility index (Phi) is 4.85. The monoisotopic (exact) mass is 347 g/mol. The molecule has 1 aromatic heterocycles. The quantitative estimate of drug-likeness (QED) is 0.763. The van der Waals surface area contributed by atoms with E-state index in [0.29, 0.717) is 17.3 Å². The zero-order valence-corrected chi connectivity index (χ0v) is 15.2. The van der Waals surface area contributed by atoms with E-state index in [-0.39, 0.29) is 5.56 Å². The van der Waals surface area contributed by atoms with E-state index < -0.39 is 0 Å². The number of fused-ring (bicyclic) bond motifs is 1. The highest BCUT2D eigenvalue weighted by Crippen LogP contribution is 2.24. The highest BCUT2D eigenvalue weighted by molar-refractivity contribution is 5.79. The van der Waals surface area contributed by atoms with Crippen LogP contribution >= 0.6 is 0 Å². The van der Waals surface area contributed by atoms with Crippen molar-refractivity contribution in [2.45, 2.75) is 44.7 Å². The first-order valence-corrected chi connectivity index (χ1v) is 9.49. The molecule has 1 aliphatic rings. The van der Waals surface area contributed by atoms with Gasteiger partial charge in [0, 0.05) is 18.2 Å². The third-order valence-corrected chi connectivity index (χ3v) is 5.44. The van der Waals surface area contributed by atoms with Crippen molar-refractivity contribution < 1.29 is 0 Å². The maximum atomic E-state index is 12.3. The minimum atomic E-state index is -0.0877. The molecule has 4 rings (SSSR count). The predicted molar refractivity (Wildman–Crippen MR) is 106 cm³/mol. The number of benzene rings is 2. The molecule has 2 aromatic carbocycles. The maximum absolute atomic E-state index is 12.3. The third kappa shape index (κ3) is 3.56. The normalized spacial score (nSPS) is 15.6. The molecule has 1 aliphatic carbocycles. The first-order chi connectivity index (χ1) is 12.7. The van der Waals surface area contributed by atoms with Gasteiger partial charge >= 0.3 is 0 Å². The maximum Gasteiger partial charge on any atom is 0.259 e. The van der Waals surface area contributed by atoms with E-state index in [9.17, 15) is 4.79 Å². The van der Waals surface area contributed by atoms with Gasteiger partial charge in [0.15, 0.2) is 0 Å². The molecule has 1 fully saturated rings. The first kappa shape index (κ1) is 17.0. The first-order valence-electron chi connectivity index (χ1n) is 9.49. The second kappa shape index (κ2) is 7.42. The molecule has 1 N–H and O–H groups in total.